The van der Waals surface area contributed by atoms with E-state index in [-0.39, 0.29) is 17.8 Å². The van der Waals surface area contributed by atoms with Crippen LogP contribution in [0.2, 0.25) is 0 Å². The zero-order valence-electron chi connectivity index (χ0n) is 39.5. The molecule has 0 fully saturated rings. The number of methoxy groups -OCH3 is 3. The number of nitrogens with zero attached hydrogens (tertiary/aromatic N) is 1. The van der Waals surface area contributed by atoms with Crippen molar-refractivity contribution < 1.29 is 36.9 Å². The molecule has 2 amide bonds. The van der Waals surface area contributed by atoms with Crippen LogP contribution in [0.3, 0.4) is 0 Å². The Labute approximate surface area is 406 Å². The zero-order chi connectivity index (χ0) is 49.4. The lowest BCUT2D eigenvalue weighted by Crippen LogP contribution is -2.38. The van der Waals surface area contributed by atoms with Crippen molar-refractivity contribution in [3.63, 3.8) is 0 Å². The smallest absolute Gasteiger partial charge is 0.416 e. The Balaban J connectivity index is 1.10. The molecule has 0 saturated heterocycles. The second-order valence-electron chi connectivity index (χ2n) is 17.0. The van der Waals surface area contributed by atoms with E-state index >= 15 is 0 Å². The summed E-state index contributed by atoms with van der Waals surface area (Å²) in [6, 6.07) is 50.0. The van der Waals surface area contributed by atoms with Crippen LogP contribution in [0.5, 0.6) is 23.0 Å². The number of ether oxygens (including phenoxy) is 4. The maximum absolute atomic E-state index is 13.6. The van der Waals surface area contributed by atoms with E-state index in [9.17, 15) is 18.0 Å². The summed E-state index contributed by atoms with van der Waals surface area (Å²) in [4.78, 5) is 13.4. The van der Waals surface area contributed by atoms with Crippen LogP contribution < -0.4 is 56.1 Å². The van der Waals surface area contributed by atoms with Crippen molar-refractivity contribution in [2.24, 2.45) is 4.74 Å². The molecule has 70 heavy (non-hydrogen) atoms. The number of urea groups is 1. The van der Waals surface area contributed by atoms with Crippen LogP contribution in [-0.4, -0.2) is 40.0 Å². The van der Waals surface area contributed by atoms with Crippen molar-refractivity contribution in [3.05, 3.63) is 210 Å². The molecule has 0 aliphatic heterocycles. The van der Waals surface area contributed by atoms with Gasteiger partial charge in [-0.2, -0.15) is 13.2 Å². The predicted octanol–water partition coefficient (Wildman–Crippen LogP) is 11.6. The Morgan fingerprint density at radius 1 is 0.700 bits per heavy atom. The summed E-state index contributed by atoms with van der Waals surface area (Å²) in [6.07, 6.45) is -4.49. The van der Waals surface area contributed by atoms with Crippen LogP contribution in [0.25, 0.3) is 0 Å². The standard InChI is InChI=1S/C56H55F3N5O5P/c1-36-16-29-52(50(32-36)64-55(65)63-42-31-37(2)30-41(34-42)56(57,58)59)69-53-33-40-14-10-11-15-49(40)54(53)62-38(3)61-51(39-12-8-7-9-13-39)35-60-70(46-23-17-43(66-4)18-24-46,47-25-19-44(67-5)20-26-47)48-27-21-45(68-6)22-28-48/h7-32,34,51,53-54,61-62H,3,33,35H2,1-2,4-6H3,(H2,63,64,65)/t51-,53+,54+/m1/s1. The predicted molar refractivity (Wildman–Crippen MR) is 274 cm³/mol. The maximum Gasteiger partial charge on any atom is 0.416 e. The Morgan fingerprint density at radius 3 is 1.84 bits per heavy atom. The minimum absolute atomic E-state index is 0.0119. The van der Waals surface area contributed by atoms with Gasteiger partial charge in [-0.25, -0.2) is 4.79 Å². The van der Waals surface area contributed by atoms with Crippen molar-refractivity contribution >= 4 is 40.4 Å². The number of nitrogens with one attached hydrogen (secondary N) is 4. The molecule has 0 saturated carbocycles. The Morgan fingerprint density at radius 2 is 1.27 bits per heavy atom. The molecule has 360 valence electrons. The molecule has 4 N–H and O–H groups in total. The molecule has 7 aromatic carbocycles. The summed E-state index contributed by atoms with van der Waals surface area (Å²) >= 11 is 0. The van der Waals surface area contributed by atoms with Crippen LogP contribution >= 0.6 is 7.05 Å². The number of rotatable bonds is 17. The molecule has 0 bridgehead atoms. The molecule has 14 heteroatoms. The highest BCUT2D eigenvalue weighted by molar-refractivity contribution is 7.87. The molecular formula is C56H55F3N5O5P. The third-order valence-electron chi connectivity index (χ3n) is 12.2. The molecule has 1 aliphatic carbocycles. The summed E-state index contributed by atoms with van der Waals surface area (Å²) in [5, 5.41) is 15.9. The lowest BCUT2D eigenvalue weighted by atomic mass is 10.1. The van der Waals surface area contributed by atoms with Gasteiger partial charge in [0.05, 0.1) is 64.1 Å². The number of fused-ring (bicyclic) bond motifs is 1. The van der Waals surface area contributed by atoms with E-state index < -0.39 is 30.9 Å². The van der Waals surface area contributed by atoms with Crippen molar-refractivity contribution in [3.8, 4) is 23.0 Å². The lowest BCUT2D eigenvalue weighted by molar-refractivity contribution is -0.137. The number of carbonyl (C=O) groups is 1. The Kier molecular flexibility index (Phi) is 14.9. The average Bonchev–Trinajstić information content (AvgIpc) is 3.70. The van der Waals surface area contributed by atoms with E-state index in [0.717, 1.165) is 67.5 Å². The van der Waals surface area contributed by atoms with Gasteiger partial charge in [-0.1, -0.05) is 67.2 Å². The monoisotopic (exact) mass is 965 g/mol. The number of amides is 2. The molecule has 0 radical (unpaired) electrons. The van der Waals surface area contributed by atoms with Crippen LogP contribution in [0.15, 0.2) is 181 Å². The van der Waals surface area contributed by atoms with Crippen molar-refractivity contribution in [1.29, 1.82) is 0 Å². The zero-order valence-corrected chi connectivity index (χ0v) is 40.4. The van der Waals surface area contributed by atoms with E-state index in [1.165, 1.54) is 6.07 Å². The van der Waals surface area contributed by atoms with Crippen LogP contribution in [0, 0.1) is 13.8 Å². The maximum atomic E-state index is 13.6. The fourth-order valence-corrected chi connectivity index (χ4v) is 12.3. The molecule has 7 aromatic rings. The number of halogens is 3. The number of benzene rings is 7. The highest BCUT2D eigenvalue weighted by Crippen LogP contribution is 2.48. The van der Waals surface area contributed by atoms with E-state index in [2.05, 4.69) is 88.5 Å². The fourth-order valence-electron chi connectivity index (χ4n) is 8.80. The summed E-state index contributed by atoms with van der Waals surface area (Å²) in [5.74, 6) is 3.13. The second kappa shape index (κ2) is 21.3. The Bertz CT molecular complexity index is 2880. The average molecular weight is 966 g/mol. The SMILES string of the molecule is C=C(N[C@H](CN=P(c1ccc(OC)cc1)(c1ccc(OC)cc1)c1ccc(OC)cc1)c1ccccc1)N[C@H]1c2ccccc2C[C@@H]1Oc1ccc(C)cc1NC(=O)Nc1cc(C)cc(C(F)(F)F)c1. The van der Waals surface area contributed by atoms with Gasteiger partial charge in [-0.15, -0.1) is 0 Å². The summed E-state index contributed by atoms with van der Waals surface area (Å²) < 4.78 is 70.3. The normalized spacial score (nSPS) is 14.6. The molecule has 8 rings (SSSR count). The highest BCUT2D eigenvalue weighted by Gasteiger charge is 2.36. The van der Waals surface area contributed by atoms with Crippen molar-refractivity contribution in [2.45, 2.75) is 44.6 Å². The van der Waals surface area contributed by atoms with E-state index in [1.54, 1.807) is 40.4 Å². The van der Waals surface area contributed by atoms with E-state index in [1.807, 2.05) is 79.7 Å². The molecule has 0 spiro atoms. The third kappa shape index (κ3) is 11.1. The van der Waals surface area contributed by atoms with Gasteiger partial charge < -0.3 is 40.2 Å². The first-order valence-corrected chi connectivity index (χ1v) is 24.4. The third-order valence-corrected chi connectivity index (χ3v) is 15.9. The first-order chi connectivity index (χ1) is 33.8. The van der Waals surface area contributed by atoms with Gasteiger partial charge in [0.1, 0.15) is 29.1 Å². The number of hydrogen-bond donors (Lipinski definition) is 4. The second-order valence-corrected chi connectivity index (χ2v) is 20.1. The quantitative estimate of drug-likeness (QED) is 0.0672. The number of aryl methyl sites for hydroxylation is 2. The molecular weight excluding hydrogens is 911 g/mol. The van der Waals surface area contributed by atoms with Crippen LogP contribution in [0.4, 0.5) is 29.3 Å². The van der Waals surface area contributed by atoms with E-state index in [4.69, 9.17) is 23.7 Å². The van der Waals surface area contributed by atoms with Crippen molar-refractivity contribution in [2.75, 3.05) is 38.5 Å². The van der Waals surface area contributed by atoms with Crippen LogP contribution in [0.1, 0.15) is 45.5 Å². The van der Waals surface area contributed by atoms with Gasteiger partial charge in [-0.3, -0.25) is 4.74 Å². The molecule has 1 aliphatic rings. The first-order valence-electron chi connectivity index (χ1n) is 22.7. The molecule has 0 aromatic heterocycles. The van der Waals surface area contributed by atoms with Gasteiger partial charge in [0.15, 0.2) is 0 Å². The lowest BCUT2D eigenvalue weighted by Gasteiger charge is -2.30. The van der Waals surface area contributed by atoms with Gasteiger partial charge in [0.25, 0.3) is 0 Å². The van der Waals surface area contributed by atoms with E-state index in [0.29, 0.717) is 35.8 Å². The number of hydrogen-bond acceptors (Lipinski definition) is 8. The minimum Gasteiger partial charge on any atom is -0.497 e. The highest BCUT2D eigenvalue weighted by atomic mass is 31.2. The van der Waals surface area contributed by atoms with Gasteiger partial charge in [-0.05, 0) is 145 Å². The van der Waals surface area contributed by atoms with Gasteiger partial charge >= 0.3 is 12.2 Å². The molecule has 0 unspecified atom stereocenters. The molecule has 0 heterocycles. The van der Waals surface area contributed by atoms with Crippen molar-refractivity contribution in [1.82, 2.24) is 10.6 Å². The topological polar surface area (TPSA) is 114 Å². The number of alkyl halides is 3. The minimum atomic E-state index is -4.57. The number of anilines is 2. The molecule has 10 nitrogen and oxygen atoms in total. The Hall–Kier alpha value is -7.63. The number of carbonyl (C=O) groups excluding carboxylic acids is 1. The van der Waals surface area contributed by atoms with Crippen LogP contribution in [-0.2, 0) is 12.6 Å². The summed E-state index contributed by atoms with van der Waals surface area (Å²) in [7, 11) is 2.19. The largest absolute Gasteiger partial charge is 0.497 e. The first kappa shape index (κ1) is 48.8. The van der Waals surface area contributed by atoms with Gasteiger partial charge in [0.2, 0.25) is 0 Å². The summed E-state index contributed by atoms with van der Waals surface area (Å²) in [6.45, 7) is 8.28. The summed E-state index contributed by atoms with van der Waals surface area (Å²) in [5.41, 5.74) is 3.82. The van der Waals surface area contributed by atoms with Gasteiger partial charge in [0, 0.05) is 28.0 Å². The molecule has 3 atom stereocenters. The fraction of sp³-hybridized carbons (Fsp3) is 0.196.